The van der Waals surface area contributed by atoms with Crippen molar-refractivity contribution in [3.63, 3.8) is 0 Å². The molecule has 0 spiro atoms. The average Bonchev–Trinajstić information content (AvgIpc) is 2.52. The van der Waals surface area contributed by atoms with Crippen LogP contribution in [0.1, 0.15) is 90.9 Å². The Hall–Kier alpha value is -0.910. The van der Waals surface area contributed by atoms with Gasteiger partial charge in [-0.2, -0.15) is 0 Å². The molecule has 0 aliphatic carbocycles. The Morgan fingerprint density at radius 2 is 1.72 bits per heavy atom. The van der Waals surface area contributed by atoms with Crippen LogP contribution in [0, 0.1) is 0 Å². The van der Waals surface area contributed by atoms with Crippen LogP contribution in [0.3, 0.4) is 0 Å². The van der Waals surface area contributed by atoms with Crippen LogP contribution >= 0.6 is 0 Å². The van der Waals surface area contributed by atoms with E-state index in [4.69, 9.17) is 9.84 Å². The first-order chi connectivity index (χ1) is 11.9. The van der Waals surface area contributed by atoms with Gasteiger partial charge in [-0.05, 0) is 32.6 Å². The molecule has 0 saturated carbocycles. The Morgan fingerprint density at radius 3 is 2.36 bits per heavy atom. The summed E-state index contributed by atoms with van der Waals surface area (Å²) in [5.74, 6) is -3.26. The van der Waals surface area contributed by atoms with Crippen LogP contribution in [0.15, 0.2) is 12.2 Å². The van der Waals surface area contributed by atoms with Crippen molar-refractivity contribution in [2.24, 2.45) is 0 Å². The second-order valence-electron chi connectivity index (χ2n) is 6.78. The molecule has 0 aromatic rings. The summed E-state index contributed by atoms with van der Waals surface area (Å²) in [7, 11) is 0. The summed E-state index contributed by atoms with van der Waals surface area (Å²) in [5, 5.41) is 27.6. The summed E-state index contributed by atoms with van der Waals surface area (Å²) in [6.07, 6.45) is 14.7. The summed E-state index contributed by atoms with van der Waals surface area (Å²) in [4.78, 5) is 10.5. The molecule has 3 N–H and O–H groups in total. The molecule has 0 fully saturated rings. The predicted molar refractivity (Wildman–Crippen MR) is 100 cm³/mol. The minimum absolute atomic E-state index is 0.110. The third kappa shape index (κ3) is 16.3. The first-order valence-electron chi connectivity index (χ1n) is 9.86. The van der Waals surface area contributed by atoms with Crippen molar-refractivity contribution >= 4 is 5.97 Å². The molecule has 0 aromatic heterocycles. The van der Waals surface area contributed by atoms with Gasteiger partial charge in [0.25, 0.3) is 0 Å². The Labute approximate surface area is 153 Å². The highest BCUT2D eigenvalue weighted by atomic mass is 16.5. The van der Waals surface area contributed by atoms with E-state index in [0.717, 1.165) is 38.7 Å². The molecule has 0 saturated heterocycles. The van der Waals surface area contributed by atoms with Crippen LogP contribution < -0.4 is 0 Å². The minimum Gasteiger partial charge on any atom is -0.481 e. The fourth-order valence-corrected chi connectivity index (χ4v) is 2.82. The molecule has 1 atom stereocenters. The third-order valence-electron chi connectivity index (χ3n) is 4.21. The largest absolute Gasteiger partial charge is 0.481 e. The van der Waals surface area contributed by atoms with Crippen molar-refractivity contribution in [1.29, 1.82) is 0 Å². The molecular weight excluding hydrogens is 320 g/mol. The van der Waals surface area contributed by atoms with E-state index < -0.39 is 18.2 Å². The highest BCUT2D eigenvalue weighted by molar-refractivity contribution is 5.67. The molecular formula is C20H38O5. The molecule has 0 aliphatic rings. The van der Waals surface area contributed by atoms with Crippen LogP contribution in [0.4, 0.5) is 0 Å². The van der Waals surface area contributed by atoms with E-state index in [2.05, 4.69) is 19.1 Å². The van der Waals surface area contributed by atoms with Gasteiger partial charge in [0.05, 0.1) is 12.5 Å². The topological polar surface area (TPSA) is 87.0 Å². The Kier molecular flexibility index (Phi) is 14.8. The van der Waals surface area contributed by atoms with Gasteiger partial charge in [0.1, 0.15) is 0 Å². The molecule has 25 heavy (non-hydrogen) atoms. The second-order valence-corrected chi connectivity index (χ2v) is 6.78. The summed E-state index contributed by atoms with van der Waals surface area (Å²) in [6.45, 7) is 4.98. The third-order valence-corrected chi connectivity index (χ3v) is 4.21. The van der Waals surface area contributed by atoms with E-state index >= 15 is 0 Å². The number of aliphatic carboxylic acids is 1. The number of unbranched alkanes of at least 4 members (excludes halogenated alkanes) is 7. The number of carboxylic acid groups (broad SMARTS) is 1. The van der Waals surface area contributed by atoms with Crippen LogP contribution in [-0.2, 0) is 9.53 Å². The first-order valence-corrected chi connectivity index (χ1v) is 9.86. The monoisotopic (exact) mass is 358 g/mol. The number of hydrogen-bond acceptors (Lipinski definition) is 4. The SMILES string of the molecule is CCCCCCC(/C=C/CCCCCCC(O)(O)CC(=O)O)OCC. The normalized spacial score (nSPS) is 13.4. The molecule has 0 aliphatic heterocycles. The summed E-state index contributed by atoms with van der Waals surface area (Å²) in [6, 6.07) is 0. The minimum atomic E-state index is -2.08. The average molecular weight is 359 g/mol. The summed E-state index contributed by atoms with van der Waals surface area (Å²) in [5.41, 5.74) is 0. The maximum atomic E-state index is 10.5. The van der Waals surface area contributed by atoms with E-state index in [1.807, 2.05) is 6.92 Å². The van der Waals surface area contributed by atoms with Gasteiger partial charge >= 0.3 is 5.97 Å². The second kappa shape index (κ2) is 15.4. The number of carbonyl (C=O) groups is 1. The Morgan fingerprint density at radius 1 is 1.04 bits per heavy atom. The highest BCUT2D eigenvalue weighted by Crippen LogP contribution is 2.17. The summed E-state index contributed by atoms with van der Waals surface area (Å²) >= 11 is 0. The number of carboxylic acids is 1. The van der Waals surface area contributed by atoms with E-state index in [-0.39, 0.29) is 12.5 Å². The predicted octanol–water partition coefficient (Wildman–Crippen LogP) is 4.41. The van der Waals surface area contributed by atoms with Gasteiger partial charge in [0.15, 0.2) is 5.79 Å². The van der Waals surface area contributed by atoms with E-state index in [1.165, 1.54) is 25.7 Å². The molecule has 1 unspecified atom stereocenters. The van der Waals surface area contributed by atoms with Gasteiger partial charge in [-0.25, -0.2) is 0 Å². The van der Waals surface area contributed by atoms with Crippen molar-refractivity contribution in [1.82, 2.24) is 0 Å². The standard InChI is InChI=1S/C20H38O5/c1-3-5-6-11-14-18(25-4-2)15-12-9-7-8-10-13-16-20(23,24)17-19(21)22/h12,15,18,23-24H,3-11,13-14,16-17H2,1-2H3,(H,21,22)/b15-12+. The number of hydrogen-bond donors (Lipinski definition) is 3. The lowest BCUT2D eigenvalue weighted by atomic mass is 10.0. The van der Waals surface area contributed by atoms with Crippen LogP contribution in [0.5, 0.6) is 0 Å². The quantitative estimate of drug-likeness (QED) is 0.204. The van der Waals surface area contributed by atoms with E-state index in [9.17, 15) is 15.0 Å². The van der Waals surface area contributed by atoms with Gasteiger partial charge in [0.2, 0.25) is 0 Å². The Balaban J connectivity index is 3.75. The van der Waals surface area contributed by atoms with Crippen molar-refractivity contribution in [2.45, 2.75) is 103 Å². The number of aliphatic hydroxyl groups is 2. The van der Waals surface area contributed by atoms with Gasteiger partial charge in [-0.1, -0.05) is 57.6 Å². The molecule has 5 heteroatoms. The lowest BCUT2D eigenvalue weighted by Crippen LogP contribution is -2.31. The lowest BCUT2D eigenvalue weighted by Gasteiger charge is -2.19. The fourth-order valence-electron chi connectivity index (χ4n) is 2.82. The van der Waals surface area contributed by atoms with Gasteiger partial charge < -0.3 is 20.1 Å². The van der Waals surface area contributed by atoms with Crippen molar-refractivity contribution in [3.8, 4) is 0 Å². The van der Waals surface area contributed by atoms with Crippen molar-refractivity contribution in [2.75, 3.05) is 6.61 Å². The van der Waals surface area contributed by atoms with E-state index in [1.54, 1.807) is 0 Å². The lowest BCUT2D eigenvalue weighted by molar-refractivity contribution is -0.184. The highest BCUT2D eigenvalue weighted by Gasteiger charge is 2.25. The zero-order valence-electron chi connectivity index (χ0n) is 16.1. The smallest absolute Gasteiger partial charge is 0.308 e. The zero-order chi connectivity index (χ0) is 19.0. The van der Waals surface area contributed by atoms with Crippen LogP contribution in [0.2, 0.25) is 0 Å². The van der Waals surface area contributed by atoms with Gasteiger partial charge in [-0.3, -0.25) is 4.79 Å². The molecule has 0 aromatic carbocycles. The molecule has 148 valence electrons. The van der Waals surface area contributed by atoms with Crippen LogP contribution in [0.25, 0.3) is 0 Å². The fraction of sp³-hybridized carbons (Fsp3) is 0.850. The number of rotatable bonds is 17. The van der Waals surface area contributed by atoms with Crippen molar-refractivity contribution in [3.05, 3.63) is 12.2 Å². The number of ether oxygens (including phenoxy) is 1. The molecule has 0 bridgehead atoms. The molecule has 5 nitrogen and oxygen atoms in total. The summed E-state index contributed by atoms with van der Waals surface area (Å²) < 4.78 is 5.75. The Bertz CT molecular complexity index is 352. The molecule has 0 rings (SSSR count). The molecule has 0 radical (unpaired) electrons. The molecule has 0 amide bonds. The van der Waals surface area contributed by atoms with Crippen LogP contribution in [-0.4, -0.2) is 39.8 Å². The van der Waals surface area contributed by atoms with Gasteiger partial charge in [-0.15, -0.1) is 0 Å². The van der Waals surface area contributed by atoms with E-state index in [0.29, 0.717) is 6.42 Å². The van der Waals surface area contributed by atoms with Gasteiger partial charge in [0, 0.05) is 13.0 Å². The van der Waals surface area contributed by atoms with Crippen molar-refractivity contribution < 1.29 is 24.9 Å². The maximum absolute atomic E-state index is 10.5. The molecule has 0 heterocycles. The first kappa shape index (κ1) is 24.1. The maximum Gasteiger partial charge on any atom is 0.308 e. The zero-order valence-corrected chi connectivity index (χ0v) is 16.1. The number of allylic oxidation sites excluding steroid dienone is 1.